The minimum Gasteiger partial charge on any atom is -0.441 e. The van der Waals surface area contributed by atoms with Crippen molar-refractivity contribution in [2.75, 3.05) is 0 Å². The second-order valence-corrected chi connectivity index (χ2v) is 5.59. The van der Waals surface area contributed by atoms with Gasteiger partial charge in [0.15, 0.2) is 11.5 Å². The molecular formula is C20H21NO. The van der Waals surface area contributed by atoms with Crippen LogP contribution in [0.5, 0.6) is 0 Å². The molecule has 0 unspecified atom stereocenters. The third kappa shape index (κ3) is 3.64. The molecule has 0 radical (unpaired) electrons. The molecule has 2 aromatic carbocycles. The number of aromatic nitrogens is 1. The van der Waals surface area contributed by atoms with Crippen LogP contribution in [0, 0.1) is 0 Å². The average molecular weight is 291 g/mol. The summed E-state index contributed by atoms with van der Waals surface area (Å²) in [7, 11) is 0. The van der Waals surface area contributed by atoms with Crippen molar-refractivity contribution in [2.24, 2.45) is 0 Å². The summed E-state index contributed by atoms with van der Waals surface area (Å²) >= 11 is 0. The largest absolute Gasteiger partial charge is 0.441 e. The van der Waals surface area contributed by atoms with Gasteiger partial charge in [0.2, 0.25) is 0 Å². The van der Waals surface area contributed by atoms with Gasteiger partial charge < -0.3 is 4.42 Å². The lowest BCUT2D eigenvalue weighted by Crippen LogP contribution is -1.89. The highest BCUT2D eigenvalue weighted by atomic mass is 16.3. The van der Waals surface area contributed by atoms with Gasteiger partial charge in [-0.05, 0) is 42.5 Å². The van der Waals surface area contributed by atoms with Crippen LogP contribution in [0.2, 0.25) is 0 Å². The third-order valence-corrected chi connectivity index (χ3v) is 3.88. The number of fused-ring (bicyclic) bond motifs is 1. The van der Waals surface area contributed by atoms with Crippen LogP contribution in [0.15, 0.2) is 59.5 Å². The maximum atomic E-state index is 5.74. The Morgan fingerprint density at radius 3 is 2.68 bits per heavy atom. The molecule has 0 N–H and O–H groups in total. The maximum absolute atomic E-state index is 5.74. The minimum absolute atomic E-state index is 0.856. The van der Waals surface area contributed by atoms with Gasteiger partial charge in [0.25, 0.3) is 0 Å². The normalized spacial score (nSPS) is 10.9. The molecule has 22 heavy (non-hydrogen) atoms. The first-order valence-electron chi connectivity index (χ1n) is 7.91. The standard InChI is InChI=1S/C20H21NO/c1-2-16-10-8-11-17(15-16)9-4-3-5-14-20-21-18-12-6-7-13-19(18)22-20/h2,6-8,10-13,15H,1,3-5,9,14H2. The van der Waals surface area contributed by atoms with Crippen LogP contribution >= 0.6 is 0 Å². The monoisotopic (exact) mass is 291 g/mol. The summed E-state index contributed by atoms with van der Waals surface area (Å²) in [6.07, 6.45) is 7.44. The second kappa shape index (κ2) is 7.08. The van der Waals surface area contributed by atoms with Gasteiger partial charge in [0.05, 0.1) is 0 Å². The lowest BCUT2D eigenvalue weighted by Gasteiger charge is -2.02. The summed E-state index contributed by atoms with van der Waals surface area (Å²) in [5.74, 6) is 0.856. The number of unbranched alkanes of at least 4 members (excludes halogenated alkanes) is 2. The molecule has 0 bridgehead atoms. The lowest BCUT2D eigenvalue weighted by atomic mass is 10.0. The molecule has 0 amide bonds. The van der Waals surface area contributed by atoms with E-state index >= 15 is 0 Å². The second-order valence-electron chi connectivity index (χ2n) is 5.59. The van der Waals surface area contributed by atoms with E-state index in [0.29, 0.717) is 0 Å². The molecule has 3 rings (SSSR count). The highest BCUT2D eigenvalue weighted by Gasteiger charge is 2.04. The number of rotatable bonds is 7. The summed E-state index contributed by atoms with van der Waals surface area (Å²) < 4.78 is 5.74. The summed E-state index contributed by atoms with van der Waals surface area (Å²) in [6, 6.07) is 16.5. The van der Waals surface area contributed by atoms with Gasteiger partial charge in [0, 0.05) is 6.42 Å². The van der Waals surface area contributed by atoms with Crippen molar-refractivity contribution in [1.82, 2.24) is 4.98 Å². The fourth-order valence-corrected chi connectivity index (χ4v) is 2.68. The topological polar surface area (TPSA) is 26.0 Å². The molecular weight excluding hydrogens is 270 g/mol. The van der Waals surface area contributed by atoms with Gasteiger partial charge in [0.1, 0.15) is 5.52 Å². The highest BCUT2D eigenvalue weighted by Crippen LogP contribution is 2.17. The van der Waals surface area contributed by atoms with E-state index in [9.17, 15) is 0 Å². The predicted molar refractivity (Wildman–Crippen MR) is 91.8 cm³/mol. The lowest BCUT2D eigenvalue weighted by molar-refractivity contribution is 0.510. The molecule has 3 aromatic rings. The van der Waals surface area contributed by atoms with Crippen molar-refractivity contribution in [1.29, 1.82) is 0 Å². The molecule has 112 valence electrons. The van der Waals surface area contributed by atoms with Crippen LogP contribution in [-0.4, -0.2) is 4.98 Å². The Bertz CT molecular complexity index is 724. The third-order valence-electron chi connectivity index (χ3n) is 3.88. The highest BCUT2D eigenvalue weighted by molar-refractivity contribution is 5.72. The Labute approximate surface area is 131 Å². The first-order chi connectivity index (χ1) is 10.8. The van der Waals surface area contributed by atoms with Gasteiger partial charge >= 0.3 is 0 Å². The van der Waals surface area contributed by atoms with Crippen molar-refractivity contribution in [3.8, 4) is 0 Å². The fourth-order valence-electron chi connectivity index (χ4n) is 2.68. The number of oxazole rings is 1. The zero-order valence-corrected chi connectivity index (χ0v) is 12.8. The van der Waals surface area contributed by atoms with Crippen LogP contribution < -0.4 is 0 Å². The van der Waals surface area contributed by atoms with Gasteiger partial charge in [-0.25, -0.2) is 4.98 Å². The van der Waals surface area contributed by atoms with E-state index in [4.69, 9.17) is 4.42 Å². The van der Waals surface area contributed by atoms with Crippen molar-refractivity contribution >= 4 is 17.2 Å². The molecule has 2 nitrogen and oxygen atoms in total. The molecule has 0 atom stereocenters. The average Bonchev–Trinajstić information content (AvgIpc) is 2.97. The van der Waals surface area contributed by atoms with Crippen molar-refractivity contribution < 1.29 is 4.42 Å². The van der Waals surface area contributed by atoms with Crippen LogP contribution in [0.25, 0.3) is 17.2 Å². The molecule has 0 aliphatic heterocycles. The minimum atomic E-state index is 0.856. The fraction of sp³-hybridized carbons (Fsp3) is 0.250. The van der Waals surface area contributed by atoms with Gasteiger partial charge in [-0.2, -0.15) is 0 Å². The number of nitrogens with zero attached hydrogens (tertiary/aromatic N) is 1. The molecule has 0 fully saturated rings. The van der Waals surface area contributed by atoms with E-state index in [0.717, 1.165) is 36.3 Å². The quantitative estimate of drug-likeness (QED) is 0.543. The first-order valence-corrected chi connectivity index (χ1v) is 7.91. The van der Waals surface area contributed by atoms with E-state index in [1.54, 1.807) is 0 Å². The Balaban J connectivity index is 1.44. The van der Waals surface area contributed by atoms with Gasteiger partial charge in [-0.3, -0.25) is 0 Å². The van der Waals surface area contributed by atoms with E-state index in [2.05, 4.69) is 35.8 Å². The van der Waals surface area contributed by atoms with E-state index in [1.165, 1.54) is 24.0 Å². The van der Waals surface area contributed by atoms with Crippen molar-refractivity contribution in [3.63, 3.8) is 0 Å². The number of benzene rings is 2. The molecule has 0 saturated carbocycles. The zero-order chi connectivity index (χ0) is 15.2. The van der Waals surface area contributed by atoms with E-state index < -0.39 is 0 Å². The predicted octanol–water partition coefficient (Wildman–Crippen LogP) is 5.43. The van der Waals surface area contributed by atoms with E-state index in [1.807, 2.05) is 30.3 Å². The van der Waals surface area contributed by atoms with Crippen molar-refractivity contribution in [3.05, 3.63) is 72.1 Å². The molecule has 1 heterocycles. The zero-order valence-electron chi connectivity index (χ0n) is 12.8. The van der Waals surface area contributed by atoms with Gasteiger partial charge in [-0.1, -0.05) is 55.5 Å². The Morgan fingerprint density at radius 2 is 1.82 bits per heavy atom. The van der Waals surface area contributed by atoms with Crippen LogP contribution in [0.3, 0.4) is 0 Å². The molecule has 1 aromatic heterocycles. The molecule has 0 aliphatic rings. The Hall–Kier alpha value is -2.35. The first kappa shape index (κ1) is 14.6. The summed E-state index contributed by atoms with van der Waals surface area (Å²) in [4.78, 5) is 4.51. The molecule has 0 spiro atoms. The number of aryl methyl sites for hydroxylation is 2. The van der Waals surface area contributed by atoms with Gasteiger partial charge in [-0.15, -0.1) is 0 Å². The van der Waals surface area contributed by atoms with Crippen LogP contribution in [-0.2, 0) is 12.8 Å². The summed E-state index contributed by atoms with van der Waals surface area (Å²) in [5, 5.41) is 0. The van der Waals surface area contributed by atoms with Crippen LogP contribution in [0.4, 0.5) is 0 Å². The molecule has 0 saturated heterocycles. The number of hydrogen-bond donors (Lipinski definition) is 0. The number of para-hydroxylation sites is 2. The summed E-state index contributed by atoms with van der Waals surface area (Å²) in [5.41, 5.74) is 4.43. The Morgan fingerprint density at radius 1 is 0.955 bits per heavy atom. The maximum Gasteiger partial charge on any atom is 0.195 e. The van der Waals surface area contributed by atoms with E-state index in [-0.39, 0.29) is 0 Å². The SMILES string of the molecule is C=Cc1cccc(CCCCCc2nc3ccccc3o2)c1. The molecule has 2 heteroatoms. The summed E-state index contributed by atoms with van der Waals surface area (Å²) in [6.45, 7) is 3.82. The van der Waals surface area contributed by atoms with Crippen LogP contribution in [0.1, 0.15) is 36.3 Å². The molecule has 0 aliphatic carbocycles. The number of hydrogen-bond acceptors (Lipinski definition) is 2. The smallest absolute Gasteiger partial charge is 0.195 e. The Kier molecular flexibility index (Phi) is 4.69. The van der Waals surface area contributed by atoms with Crippen molar-refractivity contribution in [2.45, 2.75) is 32.1 Å².